The Morgan fingerprint density at radius 1 is 1.08 bits per heavy atom. The summed E-state index contributed by atoms with van der Waals surface area (Å²) in [4.78, 5) is 28.2. The lowest BCUT2D eigenvalue weighted by Crippen LogP contribution is -2.46. The fourth-order valence-corrected chi connectivity index (χ4v) is 3.50. The van der Waals surface area contributed by atoms with Crippen LogP contribution in [0.1, 0.15) is 32.1 Å². The Morgan fingerprint density at radius 2 is 1.81 bits per heavy atom. The quantitative estimate of drug-likeness (QED) is 0.894. The molecule has 0 spiro atoms. The first-order chi connectivity index (χ1) is 12.6. The SMILES string of the molecule is O=C(COc1cccc(F)c1)N1CCCN(C(=O)NC2CCCC2)CC1. The Hall–Kier alpha value is -2.31. The van der Waals surface area contributed by atoms with Gasteiger partial charge in [0.15, 0.2) is 6.61 Å². The smallest absolute Gasteiger partial charge is 0.317 e. The van der Waals surface area contributed by atoms with Gasteiger partial charge in [-0.3, -0.25) is 4.79 Å². The molecule has 1 aliphatic carbocycles. The highest BCUT2D eigenvalue weighted by molar-refractivity contribution is 5.78. The van der Waals surface area contributed by atoms with Gasteiger partial charge in [-0.05, 0) is 31.4 Å². The summed E-state index contributed by atoms with van der Waals surface area (Å²) in [6.07, 6.45) is 5.21. The van der Waals surface area contributed by atoms with Crippen molar-refractivity contribution in [2.75, 3.05) is 32.8 Å². The topological polar surface area (TPSA) is 61.9 Å². The number of carbonyl (C=O) groups excluding carboxylic acids is 2. The van der Waals surface area contributed by atoms with E-state index >= 15 is 0 Å². The molecule has 1 heterocycles. The molecule has 1 aromatic rings. The molecule has 1 N–H and O–H groups in total. The van der Waals surface area contributed by atoms with E-state index in [-0.39, 0.29) is 18.5 Å². The molecule has 0 atom stereocenters. The van der Waals surface area contributed by atoms with Crippen LogP contribution in [0.4, 0.5) is 9.18 Å². The summed E-state index contributed by atoms with van der Waals surface area (Å²) in [5, 5.41) is 3.10. The zero-order valence-corrected chi connectivity index (χ0v) is 15.0. The number of hydrogen-bond acceptors (Lipinski definition) is 3. The lowest BCUT2D eigenvalue weighted by Gasteiger charge is -2.24. The second kappa shape index (κ2) is 8.87. The zero-order chi connectivity index (χ0) is 18.4. The van der Waals surface area contributed by atoms with Gasteiger partial charge in [0.2, 0.25) is 0 Å². The maximum atomic E-state index is 13.1. The van der Waals surface area contributed by atoms with Crippen LogP contribution in [0.2, 0.25) is 0 Å². The van der Waals surface area contributed by atoms with E-state index in [2.05, 4.69) is 5.32 Å². The number of rotatable bonds is 4. The fourth-order valence-electron chi connectivity index (χ4n) is 3.50. The average molecular weight is 363 g/mol. The van der Waals surface area contributed by atoms with Crippen LogP contribution in [0.5, 0.6) is 5.75 Å². The molecule has 6 nitrogen and oxygen atoms in total. The van der Waals surface area contributed by atoms with E-state index in [1.54, 1.807) is 21.9 Å². The lowest BCUT2D eigenvalue weighted by molar-refractivity contribution is -0.133. The Kier molecular flexibility index (Phi) is 6.30. The maximum Gasteiger partial charge on any atom is 0.317 e. The van der Waals surface area contributed by atoms with E-state index < -0.39 is 5.82 Å². The molecular formula is C19H26FN3O3. The summed E-state index contributed by atoms with van der Waals surface area (Å²) >= 11 is 0. The monoisotopic (exact) mass is 363 g/mol. The standard InChI is InChI=1S/C19H26FN3O3/c20-15-5-3-8-17(13-15)26-14-18(24)22-9-4-10-23(12-11-22)19(25)21-16-6-1-2-7-16/h3,5,8,13,16H,1-2,4,6-7,9-12,14H2,(H,21,25). The minimum atomic E-state index is -0.395. The minimum absolute atomic E-state index is 0.0257. The maximum absolute atomic E-state index is 13.1. The number of nitrogens with one attached hydrogen (secondary N) is 1. The van der Waals surface area contributed by atoms with Crippen molar-refractivity contribution >= 4 is 11.9 Å². The molecule has 3 amide bonds. The minimum Gasteiger partial charge on any atom is -0.484 e. The van der Waals surface area contributed by atoms with Gasteiger partial charge in [-0.1, -0.05) is 18.9 Å². The number of benzene rings is 1. The van der Waals surface area contributed by atoms with Crippen molar-refractivity contribution in [3.05, 3.63) is 30.1 Å². The van der Waals surface area contributed by atoms with Crippen LogP contribution >= 0.6 is 0 Å². The van der Waals surface area contributed by atoms with E-state index in [0.717, 1.165) is 19.3 Å². The van der Waals surface area contributed by atoms with Gasteiger partial charge < -0.3 is 19.9 Å². The number of hydrogen-bond donors (Lipinski definition) is 1. The summed E-state index contributed by atoms with van der Waals surface area (Å²) in [6, 6.07) is 6.01. The van der Waals surface area contributed by atoms with Gasteiger partial charge >= 0.3 is 6.03 Å². The van der Waals surface area contributed by atoms with Gasteiger partial charge in [-0.25, -0.2) is 9.18 Å². The van der Waals surface area contributed by atoms with Gasteiger partial charge in [-0.15, -0.1) is 0 Å². The predicted molar refractivity (Wildman–Crippen MR) is 95.5 cm³/mol. The molecule has 0 radical (unpaired) electrons. The van der Waals surface area contributed by atoms with E-state index in [9.17, 15) is 14.0 Å². The molecule has 7 heteroatoms. The summed E-state index contributed by atoms with van der Waals surface area (Å²) in [5.41, 5.74) is 0. The number of urea groups is 1. The first kappa shape index (κ1) is 18.5. The van der Waals surface area contributed by atoms with Crippen molar-refractivity contribution in [3.63, 3.8) is 0 Å². The molecule has 2 aliphatic rings. The highest BCUT2D eigenvalue weighted by atomic mass is 19.1. The Balaban J connectivity index is 1.45. The number of halogens is 1. The third-order valence-electron chi connectivity index (χ3n) is 4.98. The molecular weight excluding hydrogens is 337 g/mol. The zero-order valence-electron chi connectivity index (χ0n) is 15.0. The molecule has 1 saturated carbocycles. The second-order valence-electron chi connectivity index (χ2n) is 6.90. The highest BCUT2D eigenvalue weighted by Crippen LogP contribution is 2.18. The van der Waals surface area contributed by atoms with Crippen molar-refractivity contribution < 1.29 is 18.7 Å². The van der Waals surface area contributed by atoms with E-state index in [1.807, 2.05) is 0 Å². The normalized spacial score (nSPS) is 18.5. The molecule has 3 rings (SSSR count). The van der Waals surface area contributed by atoms with Crippen LogP contribution in [-0.2, 0) is 4.79 Å². The van der Waals surface area contributed by atoms with Crippen LogP contribution in [-0.4, -0.2) is 60.6 Å². The van der Waals surface area contributed by atoms with Crippen molar-refractivity contribution in [3.8, 4) is 5.75 Å². The third kappa shape index (κ3) is 5.09. The lowest BCUT2D eigenvalue weighted by atomic mass is 10.2. The second-order valence-corrected chi connectivity index (χ2v) is 6.90. The van der Waals surface area contributed by atoms with Gasteiger partial charge in [0.1, 0.15) is 11.6 Å². The van der Waals surface area contributed by atoms with Crippen LogP contribution in [0.15, 0.2) is 24.3 Å². The van der Waals surface area contributed by atoms with Gasteiger partial charge in [-0.2, -0.15) is 0 Å². The fraction of sp³-hybridized carbons (Fsp3) is 0.579. The molecule has 1 saturated heterocycles. The van der Waals surface area contributed by atoms with Crippen LogP contribution in [0.3, 0.4) is 0 Å². The van der Waals surface area contributed by atoms with Gasteiger partial charge in [0, 0.05) is 38.3 Å². The predicted octanol–water partition coefficient (Wildman–Crippen LogP) is 2.39. The molecule has 1 aliphatic heterocycles. The Morgan fingerprint density at radius 3 is 2.58 bits per heavy atom. The van der Waals surface area contributed by atoms with Crippen molar-refractivity contribution in [2.24, 2.45) is 0 Å². The largest absolute Gasteiger partial charge is 0.484 e. The average Bonchev–Trinajstić information content (AvgIpc) is 3.01. The summed E-state index contributed by atoms with van der Waals surface area (Å²) in [6.45, 7) is 2.12. The Labute approximate surface area is 153 Å². The Bertz CT molecular complexity index is 634. The highest BCUT2D eigenvalue weighted by Gasteiger charge is 2.24. The summed E-state index contributed by atoms with van der Waals surface area (Å²) < 4.78 is 18.5. The van der Waals surface area contributed by atoms with E-state index in [0.29, 0.717) is 38.0 Å². The van der Waals surface area contributed by atoms with Crippen molar-refractivity contribution in [1.29, 1.82) is 0 Å². The number of carbonyl (C=O) groups is 2. The van der Waals surface area contributed by atoms with Crippen LogP contribution in [0.25, 0.3) is 0 Å². The molecule has 1 aromatic carbocycles. The molecule has 26 heavy (non-hydrogen) atoms. The number of nitrogens with zero attached hydrogens (tertiary/aromatic N) is 2. The number of ether oxygens (including phenoxy) is 1. The van der Waals surface area contributed by atoms with Gasteiger partial charge in [0.05, 0.1) is 0 Å². The molecule has 0 unspecified atom stereocenters. The van der Waals surface area contributed by atoms with Crippen LogP contribution in [0, 0.1) is 5.82 Å². The third-order valence-corrected chi connectivity index (χ3v) is 4.98. The molecule has 2 fully saturated rings. The van der Waals surface area contributed by atoms with Crippen LogP contribution < -0.4 is 10.1 Å². The summed E-state index contributed by atoms with van der Waals surface area (Å²) in [7, 11) is 0. The van der Waals surface area contributed by atoms with Crippen molar-refractivity contribution in [2.45, 2.75) is 38.1 Å². The molecule has 0 bridgehead atoms. The van der Waals surface area contributed by atoms with Gasteiger partial charge in [0.25, 0.3) is 5.91 Å². The molecule has 142 valence electrons. The first-order valence-electron chi connectivity index (χ1n) is 9.33. The molecule has 0 aromatic heterocycles. The van der Waals surface area contributed by atoms with Crippen molar-refractivity contribution in [1.82, 2.24) is 15.1 Å². The summed E-state index contributed by atoms with van der Waals surface area (Å²) in [5.74, 6) is -0.202. The number of amides is 3. The van der Waals surface area contributed by atoms with E-state index in [1.165, 1.54) is 25.0 Å². The van der Waals surface area contributed by atoms with E-state index in [4.69, 9.17) is 4.74 Å². The first-order valence-corrected chi connectivity index (χ1v) is 9.33.